The van der Waals surface area contributed by atoms with Crippen molar-refractivity contribution in [2.24, 2.45) is 0 Å². The highest BCUT2D eigenvalue weighted by Gasteiger charge is 2.05. The molecule has 0 amide bonds. The molecular formula is C11H11BrN2OS. The molecule has 0 spiro atoms. The fourth-order valence-electron chi connectivity index (χ4n) is 1.49. The van der Waals surface area contributed by atoms with Gasteiger partial charge in [0.2, 0.25) is 0 Å². The van der Waals surface area contributed by atoms with E-state index in [2.05, 4.69) is 27.0 Å². The van der Waals surface area contributed by atoms with Crippen LogP contribution in [-0.4, -0.2) is 9.55 Å². The van der Waals surface area contributed by atoms with Crippen LogP contribution in [0.4, 0.5) is 0 Å². The van der Waals surface area contributed by atoms with Crippen molar-refractivity contribution >= 4 is 27.3 Å². The number of rotatable bonds is 3. The molecule has 0 aliphatic heterocycles. The smallest absolute Gasteiger partial charge is 0.267 e. The van der Waals surface area contributed by atoms with Crippen molar-refractivity contribution < 1.29 is 0 Å². The highest BCUT2D eigenvalue weighted by Crippen LogP contribution is 2.10. The minimum atomic E-state index is -0.0101. The Bertz CT molecular complexity index is 533. The summed E-state index contributed by atoms with van der Waals surface area (Å²) < 4.78 is 2.22. The molecular weight excluding hydrogens is 288 g/mol. The van der Waals surface area contributed by atoms with E-state index in [-0.39, 0.29) is 5.56 Å². The number of aromatic nitrogens is 2. The Morgan fingerprint density at radius 1 is 1.56 bits per heavy atom. The highest BCUT2D eigenvalue weighted by atomic mass is 79.9. The summed E-state index contributed by atoms with van der Waals surface area (Å²) in [6.45, 7) is 2.53. The van der Waals surface area contributed by atoms with Crippen LogP contribution in [0.15, 0.2) is 33.0 Å². The van der Waals surface area contributed by atoms with Crippen molar-refractivity contribution in [3.05, 3.63) is 49.2 Å². The van der Waals surface area contributed by atoms with Gasteiger partial charge in [0, 0.05) is 17.6 Å². The molecule has 0 bridgehead atoms. The first-order valence-electron chi connectivity index (χ1n) is 4.93. The van der Waals surface area contributed by atoms with E-state index in [4.69, 9.17) is 0 Å². The van der Waals surface area contributed by atoms with Gasteiger partial charge in [-0.15, -0.1) is 11.3 Å². The van der Waals surface area contributed by atoms with Crippen LogP contribution < -0.4 is 5.56 Å². The molecule has 0 unspecified atom stereocenters. The van der Waals surface area contributed by atoms with E-state index in [0.717, 1.165) is 12.2 Å². The standard InChI is InChI=1S/C11H11BrN2OS/c1-8-13-7-10(12)11(15)14(8)5-4-9-3-2-6-16-9/h2-3,6-7H,4-5H2,1H3. The zero-order valence-electron chi connectivity index (χ0n) is 8.81. The summed E-state index contributed by atoms with van der Waals surface area (Å²) in [4.78, 5) is 17.3. The maximum absolute atomic E-state index is 11.8. The molecule has 3 nitrogen and oxygen atoms in total. The van der Waals surface area contributed by atoms with Crippen LogP contribution in [0.5, 0.6) is 0 Å². The Morgan fingerprint density at radius 3 is 3.06 bits per heavy atom. The van der Waals surface area contributed by atoms with Crippen molar-refractivity contribution in [3.63, 3.8) is 0 Å². The number of aryl methyl sites for hydroxylation is 2. The van der Waals surface area contributed by atoms with Crippen LogP contribution in [0.25, 0.3) is 0 Å². The van der Waals surface area contributed by atoms with Crippen LogP contribution in [-0.2, 0) is 13.0 Å². The van der Waals surface area contributed by atoms with Crippen LogP contribution in [0.3, 0.4) is 0 Å². The molecule has 0 fully saturated rings. The summed E-state index contributed by atoms with van der Waals surface area (Å²) in [6, 6.07) is 4.10. The number of halogens is 1. The maximum atomic E-state index is 11.8. The molecule has 0 radical (unpaired) electrons. The maximum Gasteiger partial charge on any atom is 0.267 e. The first-order chi connectivity index (χ1) is 7.68. The van der Waals surface area contributed by atoms with E-state index in [1.165, 1.54) is 4.88 Å². The predicted octanol–water partition coefficient (Wildman–Crippen LogP) is 2.62. The fourth-order valence-corrected chi connectivity index (χ4v) is 2.51. The first-order valence-corrected chi connectivity index (χ1v) is 6.60. The summed E-state index contributed by atoms with van der Waals surface area (Å²) in [7, 11) is 0. The van der Waals surface area contributed by atoms with Gasteiger partial charge in [0.05, 0.1) is 0 Å². The van der Waals surface area contributed by atoms with E-state index in [0.29, 0.717) is 11.0 Å². The third kappa shape index (κ3) is 2.41. The average Bonchev–Trinajstić information content (AvgIpc) is 2.77. The molecule has 2 aromatic rings. The van der Waals surface area contributed by atoms with Crippen molar-refractivity contribution in [2.75, 3.05) is 0 Å². The van der Waals surface area contributed by atoms with Crippen LogP contribution in [0.2, 0.25) is 0 Å². The zero-order chi connectivity index (χ0) is 11.5. The largest absolute Gasteiger partial charge is 0.296 e. The van der Waals surface area contributed by atoms with Crippen LogP contribution in [0, 0.1) is 6.92 Å². The summed E-state index contributed by atoms with van der Waals surface area (Å²) in [5.74, 6) is 0.754. The third-order valence-corrected chi connectivity index (χ3v) is 3.85. The van der Waals surface area contributed by atoms with E-state index >= 15 is 0 Å². The number of thiophene rings is 1. The van der Waals surface area contributed by atoms with Crippen LogP contribution >= 0.6 is 27.3 Å². The Labute approximate surface area is 106 Å². The number of nitrogens with zero attached hydrogens (tertiary/aromatic N) is 2. The second kappa shape index (κ2) is 4.93. The first kappa shape index (κ1) is 11.5. The molecule has 5 heteroatoms. The van der Waals surface area contributed by atoms with Crippen molar-refractivity contribution in [2.45, 2.75) is 19.9 Å². The number of hydrogen-bond acceptors (Lipinski definition) is 3. The minimum absolute atomic E-state index is 0.0101. The molecule has 0 aliphatic carbocycles. The van der Waals surface area contributed by atoms with E-state index < -0.39 is 0 Å². The van der Waals surface area contributed by atoms with Crippen molar-refractivity contribution in [1.82, 2.24) is 9.55 Å². The van der Waals surface area contributed by atoms with Gasteiger partial charge in [-0.1, -0.05) is 6.07 Å². The molecule has 2 aromatic heterocycles. The normalized spacial score (nSPS) is 10.6. The highest BCUT2D eigenvalue weighted by molar-refractivity contribution is 9.10. The Balaban J connectivity index is 2.21. The van der Waals surface area contributed by atoms with Gasteiger partial charge in [-0.3, -0.25) is 9.36 Å². The molecule has 84 valence electrons. The summed E-state index contributed by atoms with van der Waals surface area (Å²) >= 11 is 4.92. The van der Waals surface area contributed by atoms with Gasteiger partial charge in [0.1, 0.15) is 10.3 Å². The molecule has 16 heavy (non-hydrogen) atoms. The summed E-state index contributed by atoms with van der Waals surface area (Å²) in [5, 5.41) is 2.05. The predicted molar refractivity (Wildman–Crippen MR) is 69.0 cm³/mol. The molecule has 0 aromatic carbocycles. The topological polar surface area (TPSA) is 34.9 Å². The molecule has 0 saturated carbocycles. The van der Waals surface area contributed by atoms with Gasteiger partial charge in [0.25, 0.3) is 5.56 Å². The number of hydrogen-bond donors (Lipinski definition) is 0. The summed E-state index contributed by atoms with van der Waals surface area (Å²) in [5.41, 5.74) is -0.0101. The second-order valence-electron chi connectivity index (χ2n) is 3.44. The quantitative estimate of drug-likeness (QED) is 0.873. The molecule has 0 aliphatic rings. The molecule has 2 heterocycles. The fraction of sp³-hybridized carbons (Fsp3) is 0.273. The molecule has 0 atom stereocenters. The van der Waals surface area contributed by atoms with Crippen molar-refractivity contribution in [1.29, 1.82) is 0 Å². The zero-order valence-corrected chi connectivity index (χ0v) is 11.2. The average molecular weight is 299 g/mol. The SMILES string of the molecule is Cc1ncc(Br)c(=O)n1CCc1cccs1. The van der Waals surface area contributed by atoms with E-state index in [1.807, 2.05) is 18.4 Å². The minimum Gasteiger partial charge on any atom is -0.296 e. The molecule has 0 saturated heterocycles. The lowest BCUT2D eigenvalue weighted by Crippen LogP contribution is -2.24. The molecule has 2 rings (SSSR count). The van der Waals surface area contributed by atoms with Gasteiger partial charge >= 0.3 is 0 Å². The van der Waals surface area contributed by atoms with Gasteiger partial charge in [-0.25, -0.2) is 4.98 Å². The lowest BCUT2D eigenvalue weighted by atomic mass is 10.3. The summed E-state index contributed by atoms with van der Waals surface area (Å²) in [6.07, 6.45) is 2.43. The lowest BCUT2D eigenvalue weighted by Gasteiger charge is -2.08. The van der Waals surface area contributed by atoms with Gasteiger partial charge < -0.3 is 0 Å². The monoisotopic (exact) mass is 298 g/mol. The van der Waals surface area contributed by atoms with Gasteiger partial charge in [0.15, 0.2) is 0 Å². The van der Waals surface area contributed by atoms with Gasteiger partial charge in [-0.2, -0.15) is 0 Å². The lowest BCUT2D eigenvalue weighted by molar-refractivity contribution is 0.630. The third-order valence-electron chi connectivity index (χ3n) is 2.37. The van der Waals surface area contributed by atoms with Crippen LogP contribution in [0.1, 0.15) is 10.7 Å². The molecule has 0 N–H and O–H groups in total. The second-order valence-corrected chi connectivity index (χ2v) is 5.33. The van der Waals surface area contributed by atoms with Gasteiger partial charge in [-0.05, 0) is 40.7 Å². The Kier molecular flexibility index (Phi) is 3.56. The van der Waals surface area contributed by atoms with E-state index in [1.54, 1.807) is 22.1 Å². The Morgan fingerprint density at radius 2 is 2.38 bits per heavy atom. The van der Waals surface area contributed by atoms with E-state index in [9.17, 15) is 4.79 Å². The van der Waals surface area contributed by atoms with Crippen molar-refractivity contribution in [3.8, 4) is 0 Å². The Hall–Kier alpha value is -0.940.